The summed E-state index contributed by atoms with van der Waals surface area (Å²) in [5.41, 5.74) is 6.94. The molecule has 1 radical (unpaired) electrons. The molecule has 0 aliphatic carbocycles. The van der Waals surface area contributed by atoms with Crippen molar-refractivity contribution in [3.05, 3.63) is 0 Å². The maximum absolute atomic E-state index is 2.31. The van der Waals surface area contributed by atoms with Crippen molar-refractivity contribution < 1.29 is 0 Å². The Morgan fingerprint density at radius 1 is 1.00 bits per heavy atom. The molecule has 0 aromatic carbocycles. The Morgan fingerprint density at radius 2 is 1.00 bits per heavy atom. The van der Waals surface area contributed by atoms with Crippen LogP contribution >= 0.6 is 0 Å². The average Bonchev–Trinajstić information content (AvgIpc) is 0.811. The molecule has 1 heteroatoms. The molecule has 0 spiro atoms. The summed E-state index contributed by atoms with van der Waals surface area (Å²) in [5.74, 6) is 0. The fourth-order valence-electron chi connectivity index (χ4n) is 0. The van der Waals surface area contributed by atoms with Gasteiger partial charge in [-0.05, 0) is 0 Å². The van der Waals surface area contributed by atoms with E-state index >= 15 is 0 Å². The molecule has 25 valence electrons. The summed E-state index contributed by atoms with van der Waals surface area (Å²) < 4.78 is 0. The summed E-state index contributed by atoms with van der Waals surface area (Å²) in [5, 5.41) is 0. The number of hydrogen-bond donors (Lipinski definition) is 0. The van der Waals surface area contributed by atoms with Crippen LogP contribution in [0.25, 0.3) is 0 Å². The average molecular weight is 120 g/mol. The fourth-order valence-corrected chi connectivity index (χ4v) is 0. The Morgan fingerprint density at radius 3 is 1.00 bits per heavy atom. The van der Waals surface area contributed by atoms with Crippen molar-refractivity contribution >= 4 is 14.7 Å². The van der Waals surface area contributed by atoms with Crippen molar-refractivity contribution in [2.75, 3.05) is 0 Å². The van der Waals surface area contributed by atoms with Gasteiger partial charge in [0.1, 0.15) is 0 Å². The van der Waals surface area contributed by atoms with Crippen molar-refractivity contribution in [2.45, 2.75) is 17.1 Å². The SMILES string of the molecule is C[As+](C)C. The molecule has 4 heavy (non-hydrogen) atoms. The van der Waals surface area contributed by atoms with E-state index in [1.54, 1.807) is 0 Å². The van der Waals surface area contributed by atoms with Crippen LogP contribution in [0.5, 0.6) is 0 Å². The van der Waals surface area contributed by atoms with E-state index in [2.05, 4.69) is 17.1 Å². The minimum absolute atomic E-state index is 0.188. The van der Waals surface area contributed by atoms with Crippen LogP contribution in [0.2, 0.25) is 17.1 Å². The Bertz CT molecular complexity index is 8.00. The standard InChI is InChI=1S/C3H9As/c1-4(2)3/h1-3H3/q+1. The quantitative estimate of drug-likeness (QED) is 0.423. The van der Waals surface area contributed by atoms with Crippen LogP contribution in [0.15, 0.2) is 0 Å². The van der Waals surface area contributed by atoms with E-state index in [-0.39, 0.29) is 14.7 Å². The third-order valence-electron chi connectivity index (χ3n) is 0. The van der Waals surface area contributed by atoms with Crippen LogP contribution in [-0.2, 0) is 0 Å². The summed E-state index contributed by atoms with van der Waals surface area (Å²) in [6.07, 6.45) is 0. The fraction of sp³-hybridized carbons (Fsp3) is 1.00. The summed E-state index contributed by atoms with van der Waals surface area (Å²) in [6, 6.07) is 0. The molecular weight excluding hydrogens is 111 g/mol. The van der Waals surface area contributed by atoms with E-state index in [1.165, 1.54) is 0 Å². The van der Waals surface area contributed by atoms with Crippen molar-refractivity contribution in [3.8, 4) is 0 Å². The van der Waals surface area contributed by atoms with Crippen LogP contribution in [0.1, 0.15) is 0 Å². The summed E-state index contributed by atoms with van der Waals surface area (Å²) in [7, 11) is 0. The van der Waals surface area contributed by atoms with Gasteiger partial charge in [-0.1, -0.05) is 0 Å². The Hall–Kier alpha value is 0.558. The van der Waals surface area contributed by atoms with E-state index in [0.29, 0.717) is 0 Å². The zero-order chi connectivity index (χ0) is 3.58. The van der Waals surface area contributed by atoms with Gasteiger partial charge >= 0.3 is 31.8 Å². The monoisotopic (exact) mass is 120 g/mol. The first-order valence-corrected chi connectivity index (χ1v) is 6.97. The molecule has 0 aliphatic heterocycles. The maximum atomic E-state index is 2.31. The van der Waals surface area contributed by atoms with E-state index in [1.807, 2.05) is 0 Å². The van der Waals surface area contributed by atoms with Gasteiger partial charge in [0.2, 0.25) is 0 Å². The molecule has 0 rings (SSSR count). The van der Waals surface area contributed by atoms with Gasteiger partial charge in [-0.15, -0.1) is 0 Å². The van der Waals surface area contributed by atoms with Crippen molar-refractivity contribution in [1.29, 1.82) is 0 Å². The van der Waals surface area contributed by atoms with Crippen LogP contribution in [0, 0.1) is 0 Å². The van der Waals surface area contributed by atoms with Crippen LogP contribution in [-0.4, -0.2) is 14.7 Å². The molecule has 0 bridgehead atoms. The molecule has 0 N–H and O–H groups in total. The molecule has 0 aliphatic rings. The summed E-state index contributed by atoms with van der Waals surface area (Å²) in [6.45, 7) is 0. The summed E-state index contributed by atoms with van der Waals surface area (Å²) in [4.78, 5) is 0. The van der Waals surface area contributed by atoms with Crippen LogP contribution < -0.4 is 0 Å². The first-order valence-electron chi connectivity index (χ1n) is 1.34. The van der Waals surface area contributed by atoms with Crippen molar-refractivity contribution in [1.82, 2.24) is 0 Å². The Kier molecular flexibility index (Phi) is 2.10. The topological polar surface area (TPSA) is 0 Å². The summed E-state index contributed by atoms with van der Waals surface area (Å²) >= 11 is -0.188. The zero-order valence-electron chi connectivity index (χ0n) is 3.45. The zero-order valence-corrected chi connectivity index (χ0v) is 5.32. The van der Waals surface area contributed by atoms with Gasteiger partial charge in [0, 0.05) is 0 Å². The molecule has 0 unspecified atom stereocenters. The van der Waals surface area contributed by atoms with Gasteiger partial charge < -0.3 is 0 Å². The van der Waals surface area contributed by atoms with Gasteiger partial charge in [0.05, 0.1) is 0 Å². The third kappa shape index (κ3) is 19.9. The van der Waals surface area contributed by atoms with Crippen LogP contribution in [0.3, 0.4) is 0 Å². The predicted octanol–water partition coefficient (Wildman–Crippen LogP) is 1.37. The molecule has 0 aromatic heterocycles. The first-order chi connectivity index (χ1) is 1.73. The van der Waals surface area contributed by atoms with E-state index in [4.69, 9.17) is 0 Å². The molecule has 0 aromatic rings. The van der Waals surface area contributed by atoms with Gasteiger partial charge in [-0.2, -0.15) is 0 Å². The van der Waals surface area contributed by atoms with E-state index in [9.17, 15) is 0 Å². The van der Waals surface area contributed by atoms with Gasteiger partial charge in [-0.25, -0.2) is 0 Å². The van der Waals surface area contributed by atoms with Crippen molar-refractivity contribution in [3.63, 3.8) is 0 Å². The van der Waals surface area contributed by atoms with E-state index in [0.717, 1.165) is 0 Å². The third-order valence-corrected chi connectivity index (χ3v) is 0. The second-order valence-electron chi connectivity index (χ2n) is 1.34. The normalized spacial score (nSPS) is 9.00. The van der Waals surface area contributed by atoms with Gasteiger partial charge in [0.15, 0.2) is 0 Å². The molecule has 0 amide bonds. The molecule has 0 saturated carbocycles. The Labute approximate surface area is 32.5 Å². The molecule has 0 saturated heterocycles. The molecule has 0 atom stereocenters. The first kappa shape index (κ1) is 4.56. The Balaban J connectivity index is 2.32. The van der Waals surface area contributed by atoms with Gasteiger partial charge in [-0.3, -0.25) is 0 Å². The predicted molar refractivity (Wildman–Crippen MR) is 23.3 cm³/mol. The molecular formula is C3H9As+. The van der Waals surface area contributed by atoms with Crippen molar-refractivity contribution in [2.24, 2.45) is 0 Å². The minimum atomic E-state index is -0.188. The second-order valence-corrected chi connectivity index (χ2v) is 6.97. The molecule has 0 nitrogen and oxygen atoms in total. The van der Waals surface area contributed by atoms with Gasteiger partial charge in [0.25, 0.3) is 0 Å². The van der Waals surface area contributed by atoms with E-state index < -0.39 is 0 Å². The number of hydrogen-bond acceptors (Lipinski definition) is 0. The number of rotatable bonds is 0. The second kappa shape index (κ2) is 1.84. The molecule has 0 heterocycles. The molecule has 0 fully saturated rings. The van der Waals surface area contributed by atoms with Crippen LogP contribution in [0.4, 0.5) is 0 Å².